The first kappa shape index (κ1) is 14.5. The van der Waals surface area contributed by atoms with Crippen molar-refractivity contribution in [2.24, 2.45) is 0 Å². The molecule has 0 spiro atoms. The number of hydrogen-bond acceptors (Lipinski definition) is 0. The molecule has 1 aromatic rings. The van der Waals surface area contributed by atoms with Gasteiger partial charge in [-0.3, -0.25) is 0 Å². The van der Waals surface area contributed by atoms with Crippen molar-refractivity contribution >= 4 is 32.6 Å². The smallest absolute Gasteiger partial charge is 0.0579 e. The molecule has 1 aromatic carbocycles. The third-order valence-electron chi connectivity index (χ3n) is 2.57. The van der Waals surface area contributed by atoms with Gasteiger partial charge in [0.25, 0.3) is 0 Å². The third kappa shape index (κ3) is 5.56. The van der Waals surface area contributed by atoms with Gasteiger partial charge in [0.05, 0.1) is 5.03 Å². The van der Waals surface area contributed by atoms with E-state index in [1.807, 2.05) is 36.4 Å². The Labute approximate surface area is 118 Å². The first-order valence-corrected chi connectivity index (χ1v) is 7.13. The second kappa shape index (κ2) is 8.54. The van der Waals surface area contributed by atoms with Crippen molar-refractivity contribution in [3.63, 3.8) is 0 Å². The van der Waals surface area contributed by atoms with Crippen molar-refractivity contribution in [2.45, 2.75) is 32.1 Å². The molecule has 0 unspecified atom stereocenters. The van der Waals surface area contributed by atoms with Gasteiger partial charge in [0.1, 0.15) is 0 Å². The number of hydrogen-bond donors (Lipinski definition) is 0. The Morgan fingerprint density at radius 3 is 2.53 bits per heavy atom. The number of halogens is 2. The summed E-state index contributed by atoms with van der Waals surface area (Å²) < 4.78 is 1.10. The molecule has 2 heteroatoms. The van der Waals surface area contributed by atoms with E-state index in [2.05, 4.69) is 22.5 Å². The first-order valence-electron chi connectivity index (χ1n) is 5.96. The number of benzene rings is 1. The van der Waals surface area contributed by atoms with Gasteiger partial charge in [-0.05, 0) is 31.2 Å². The largest absolute Gasteiger partial charge is 0.103 e. The molecule has 0 radical (unpaired) electrons. The van der Waals surface area contributed by atoms with Crippen LogP contribution in [0.4, 0.5) is 0 Å². The summed E-state index contributed by atoms with van der Waals surface area (Å²) in [6, 6.07) is 10.1. The van der Waals surface area contributed by atoms with E-state index in [9.17, 15) is 0 Å². The lowest BCUT2D eigenvalue weighted by Gasteiger charge is -2.04. The standard InChI is InChI=1S/C15H18BrCl/c1-2-3-4-5-9-12-14(16)15(17)13-10-7-6-8-11-13/h2,6-8,10-11H,1,3-5,9,12H2/b15-14-. The molecule has 0 saturated carbocycles. The van der Waals surface area contributed by atoms with E-state index >= 15 is 0 Å². The highest BCUT2D eigenvalue weighted by Gasteiger charge is 2.03. The van der Waals surface area contributed by atoms with Gasteiger partial charge in [0.2, 0.25) is 0 Å². The molecular formula is C15H18BrCl. The Hall–Kier alpha value is -0.530. The van der Waals surface area contributed by atoms with Crippen LogP contribution < -0.4 is 0 Å². The van der Waals surface area contributed by atoms with E-state index in [0.717, 1.165) is 34.3 Å². The van der Waals surface area contributed by atoms with Crippen molar-refractivity contribution in [3.8, 4) is 0 Å². The van der Waals surface area contributed by atoms with Gasteiger partial charge in [0, 0.05) is 4.48 Å². The molecule has 1 rings (SSSR count). The molecule has 0 aliphatic rings. The van der Waals surface area contributed by atoms with Crippen LogP contribution in [-0.2, 0) is 0 Å². The molecule has 0 fully saturated rings. The fraction of sp³-hybridized carbons (Fsp3) is 0.333. The highest BCUT2D eigenvalue weighted by molar-refractivity contribution is 9.11. The highest BCUT2D eigenvalue weighted by Crippen LogP contribution is 2.30. The maximum atomic E-state index is 6.31. The SMILES string of the molecule is C=CCCCCC/C(Br)=C(/Cl)c1ccccc1. The summed E-state index contributed by atoms with van der Waals surface area (Å²) >= 11 is 9.89. The normalized spacial score (nSPS) is 12.1. The van der Waals surface area contributed by atoms with Crippen LogP contribution >= 0.6 is 27.5 Å². The second-order valence-electron chi connectivity index (χ2n) is 3.97. The molecule has 0 aliphatic carbocycles. The fourth-order valence-corrected chi connectivity index (χ4v) is 2.33. The van der Waals surface area contributed by atoms with E-state index in [-0.39, 0.29) is 0 Å². The average molecular weight is 314 g/mol. The Morgan fingerprint density at radius 1 is 1.18 bits per heavy atom. The summed E-state index contributed by atoms with van der Waals surface area (Å²) in [7, 11) is 0. The van der Waals surface area contributed by atoms with Gasteiger partial charge in [-0.2, -0.15) is 0 Å². The minimum absolute atomic E-state index is 0.828. The summed E-state index contributed by atoms with van der Waals surface area (Å²) in [4.78, 5) is 0. The van der Waals surface area contributed by atoms with Crippen molar-refractivity contribution in [1.29, 1.82) is 0 Å². The number of allylic oxidation sites excluding steroid dienone is 2. The zero-order valence-corrected chi connectivity index (χ0v) is 12.3. The molecule has 0 nitrogen and oxygen atoms in total. The summed E-state index contributed by atoms with van der Waals surface area (Å²) in [5.74, 6) is 0. The van der Waals surface area contributed by atoms with Crippen LogP contribution in [0.1, 0.15) is 37.7 Å². The second-order valence-corrected chi connectivity index (χ2v) is 5.31. The molecular weight excluding hydrogens is 296 g/mol. The number of rotatable bonds is 7. The van der Waals surface area contributed by atoms with Gasteiger partial charge in [0.15, 0.2) is 0 Å². The lowest BCUT2D eigenvalue weighted by atomic mass is 10.1. The Morgan fingerprint density at radius 2 is 1.88 bits per heavy atom. The maximum absolute atomic E-state index is 6.31. The van der Waals surface area contributed by atoms with Crippen LogP contribution in [0.25, 0.3) is 5.03 Å². The Balaban J connectivity index is 2.44. The lowest BCUT2D eigenvalue weighted by Crippen LogP contribution is -1.82. The van der Waals surface area contributed by atoms with Crippen LogP contribution in [-0.4, -0.2) is 0 Å². The van der Waals surface area contributed by atoms with Gasteiger partial charge in [-0.1, -0.05) is 70.4 Å². The van der Waals surface area contributed by atoms with E-state index in [1.165, 1.54) is 12.8 Å². The number of unbranched alkanes of at least 4 members (excludes halogenated alkanes) is 3. The zero-order chi connectivity index (χ0) is 12.5. The quantitative estimate of drug-likeness (QED) is 0.420. The molecule has 0 aliphatic heterocycles. The van der Waals surface area contributed by atoms with Crippen molar-refractivity contribution < 1.29 is 0 Å². The average Bonchev–Trinajstić information content (AvgIpc) is 2.38. The van der Waals surface area contributed by atoms with Gasteiger partial charge in [-0.15, -0.1) is 6.58 Å². The predicted octanol–water partition coefficient (Wildman–Crippen LogP) is 6.13. The topological polar surface area (TPSA) is 0 Å². The van der Waals surface area contributed by atoms with Crippen LogP contribution in [0.15, 0.2) is 47.5 Å². The summed E-state index contributed by atoms with van der Waals surface area (Å²) in [5.41, 5.74) is 1.08. The van der Waals surface area contributed by atoms with Gasteiger partial charge >= 0.3 is 0 Å². The van der Waals surface area contributed by atoms with E-state index in [1.54, 1.807) is 0 Å². The molecule has 92 valence electrons. The zero-order valence-electron chi connectivity index (χ0n) is 9.96. The van der Waals surface area contributed by atoms with E-state index in [0.29, 0.717) is 0 Å². The molecule has 0 bridgehead atoms. The molecule has 0 heterocycles. The van der Waals surface area contributed by atoms with Crippen LogP contribution in [0, 0.1) is 0 Å². The fourth-order valence-electron chi connectivity index (χ4n) is 1.60. The van der Waals surface area contributed by atoms with Crippen LogP contribution in [0.5, 0.6) is 0 Å². The third-order valence-corrected chi connectivity index (χ3v) is 4.04. The molecule has 0 aromatic heterocycles. The molecule has 0 amide bonds. The lowest BCUT2D eigenvalue weighted by molar-refractivity contribution is 0.695. The van der Waals surface area contributed by atoms with Crippen molar-refractivity contribution in [1.82, 2.24) is 0 Å². The minimum atomic E-state index is 0.828. The summed E-state index contributed by atoms with van der Waals surface area (Å²) in [5, 5.41) is 0.828. The summed E-state index contributed by atoms with van der Waals surface area (Å²) in [6.45, 7) is 3.72. The van der Waals surface area contributed by atoms with E-state index < -0.39 is 0 Å². The van der Waals surface area contributed by atoms with Crippen LogP contribution in [0.3, 0.4) is 0 Å². The maximum Gasteiger partial charge on any atom is 0.0579 e. The van der Waals surface area contributed by atoms with Gasteiger partial charge in [-0.25, -0.2) is 0 Å². The Kier molecular flexibility index (Phi) is 7.30. The minimum Gasteiger partial charge on any atom is -0.103 e. The van der Waals surface area contributed by atoms with Crippen LogP contribution in [0.2, 0.25) is 0 Å². The predicted molar refractivity (Wildman–Crippen MR) is 81.4 cm³/mol. The van der Waals surface area contributed by atoms with Crippen molar-refractivity contribution in [2.75, 3.05) is 0 Å². The molecule has 0 atom stereocenters. The summed E-state index contributed by atoms with van der Waals surface area (Å²) in [6.07, 6.45) is 7.69. The Bertz CT molecular complexity index is 368. The van der Waals surface area contributed by atoms with Gasteiger partial charge < -0.3 is 0 Å². The molecule has 17 heavy (non-hydrogen) atoms. The molecule has 0 N–H and O–H groups in total. The van der Waals surface area contributed by atoms with E-state index in [4.69, 9.17) is 11.6 Å². The first-order chi connectivity index (χ1) is 8.25. The highest BCUT2D eigenvalue weighted by atomic mass is 79.9. The molecule has 0 saturated heterocycles. The monoisotopic (exact) mass is 312 g/mol. The van der Waals surface area contributed by atoms with Crippen molar-refractivity contribution in [3.05, 3.63) is 53.0 Å².